The highest BCUT2D eigenvalue weighted by atomic mass is 28.4. The van der Waals surface area contributed by atoms with E-state index < -0.39 is 14.6 Å². The third-order valence-electron chi connectivity index (χ3n) is 1.87. The van der Waals surface area contributed by atoms with Gasteiger partial charge in [0.25, 0.3) is 0 Å². The first-order valence-electron chi connectivity index (χ1n) is 4.88. The highest BCUT2D eigenvalue weighted by molar-refractivity contribution is 6.74. The van der Waals surface area contributed by atoms with Gasteiger partial charge in [-0.15, -0.1) is 0 Å². The monoisotopic (exact) mass is 230 g/mol. The number of halogens is 1. The predicted octanol–water partition coefficient (Wildman–Crippen LogP) is 1.04. The van der Waals surface area contributed by atoms with Crippen LogP contribution >= 0.6 is 0 Å². The third kappa shape index (κ3) is 3.10. The Bertz CT molecular complexity index is 313. The molecule has 1 N–H and O–H groups in total. The summed E-state index contributed by atoms with van der Waals surface area (Å²) in [5.41, 5.74) is 0. The summed E-state index contributed by atoms with van der Waals surface area (Å²) in [4.78, 5) is 10.1. The Morgan fingerprint density at radius 1 is 1.27 bits per heavy atom. The van der Waals surface area contributed by atoms with Gasteiger partial charge in [-0.1, -0.05) is 12.1 Å². The maximum atomic E-state index is 13.0. The van der Waals surface area contributed by atoms with Crippen molar-refractivity contribution < 1.29 is 18.0 Å². The molecular weight excluding hydrogens is 215 g/mol. The van der Waals surface area contributed by atoms with E-state index in [1.165, 1.54) is 18.2 Å². The molecule has 0 radical (unpaired) electrons. The average Bonchev–Trinajstić information content (AvgIpc) is 2.18. The Balaban J connectivity index is 2.97. The van der Waals surface area contributed by atoms with Crippen LogP contribution in [0.3, 0.4) is 0 Å². The lowest BCUT2D eigenvalue weighted by atomic mass is 10.3. The Labute approximate surface area is 89.8 Å². The van der Waals surface area contributed by atoms with Gasteiger partial charge in [-0.2, -0.15) is 0 Å². The first-order chi connectivity index (χ1) is 7.12. The fourth-order valence-electron chi connectivity index (χ4n) is 1.28. The highest BCUT2D eigenvalue weighted by Gasteiger charge is 2.39. The molecule has 0 unspecified atom stereocenters. The van der Waals surface area contributed by atoms with Crippen LogP contribution in [0.5, 0.6) is 0 Å². The molecule has 1 aromatic carbocycles. The molecule has 0 heterocycles. The van der Waals surface area contributed by atoms with E-state index in [1.54, 1.807) is 19.9 Å². The molecule has 0 saturated carbocycles. The average molecular weight is 230 g/mol. The number of hydrogen-bond acceptors (Lipinski definition) is 3. The zero-order valence-corrected chi connectivity index (χ0v) is 9.87. The summed E-state index contributed by atoms with van der Waals surface area (Å²) in [6, 6.07) is 5.70. The van der Waals surface area contributed by atoms with Gasteiger partial charge in [0.1, 0.15) is 5.82 Å². The molecule has 84 valence electrons. The van der Waals surface area contributed by atoms with E-state index in [2.05, 4.69) is 0 Å². The summed E-state index contributed by atoms with van der Waals surface area (Å²) in [5, 5.41) is 0.395. The van der Waals surface area contributed by atoms with Crippen molar-refractivity contribution in [1.82, 2.24) is 0 Å². The van der Waals surface area contributed by atoms with E-state index in [-0.39, 0.29) is 0 Å². The fourth-order valence-corrected chi connectivity index (χ4v) is 3.11. The molecule has 0 amide bonds. The minimum Gasteiger partial charge on any atom is -0.386 e. The van der Waals surface area contributed by atoms with Crippen molar-refractivity contribution in [2.75, 3.05) is 13.2 Å². The van der Waals surface area contributed by atoms with Crippen LogP contribution in [0.4, 0.5) is 4.39 Å². The van der Waals surface area contributed by atoms with Gasteiger partial charge < -0.3 is 13.6 Å². The second-order valence-electron chi connectivity index (χ2n) is 2.96. The van der Waals surface area contributed by atoms with Crippen molar-refractivity contribution >= 4 is 14.0 Å². The van der Waals surface area contributed by atoms with Crippen LogP contribution in [0.15, 0.2) is 24.3 Å². The first kappa shape index (κ1) is 12.3. The summed E-state index contributed by atoms with van der Waals surface area (Å²) in [7, 11) is -3.40. The minimum absolute atomic E-state index is 0.333. The van der Waals surface area contributed by atoms with Gasteiger partial charge >= 0.3 is 8.80 Å². The number of rotatable bonds is 5. The lowest BCUT2D eigenvalue weighted by Gasteiger charge is -2.22. The Kier molecular flexibility index (Phi) is 4.40. The molecule has 1 aromatic rings. The topological polar surface area (TPSA) is 38.7 Å². The van der Waals surface area contributed by atoms with E-state index in [4.69, 9.17) is 8.85 Å². The number of hydrogen-bond donors (Lipinski definition) is 1. The Morgan fingerprint density at radius 2 is 1.87 bits per heavy atom. The highest BCUT2D eigenvalue weighted by Crippen LogP contribution is 2.06. The van der Waals surface area contributed by atoms with Gasteiger partial charge in [0, 0.05) is 18.4 Å². The van der Waals surface area contributed by atoms with E-state index in [9.17, 15) is 9.19 Å². The van der Waals surface area contributed by atoms with Crippen LogP contribution < -0.4 is 5.19 Å². The second-order valence-corrected chi connectivity index (χ2v) is 5.28. The molecule has 0 spiro atoms. The summed E-state index contributed by atoms with van der Waals surface area (Å²) < 4.78 is 23.4. The van der Waals surface area contributed by atoms with Gasteiger partial charge in [0.2, 0.25) is 0 Å². The maximum absolute atomic E-state index is 13.0. The summed E-state index contributed by atoms with van der Waals surface area (Å²) >= 11 is 0. The molecule has 0 aliphatic heterocycles. The SMILES string of the molecule is CCO[Si](O)(OCC)c1cccc(F)c1. The molecule has 3 nitrogen and oxygen atoms in total. The molecule has 15 heavy (non-hydrogen) atoms. The molecule has 0 aliphatic rings. The molecule has 1 rings (SSSR count). The van der Waals surface area contributed by atoms with Gasteiger partial charge in [0.05, 0.1) is 0 Å². The summed E-state index contributed by atoms with van der Waals surface area (Å²) in [6.45, 7) is 4.19. The maximum Gasteiger partial charge on any atom is 0.534 e. The zero-order chi connectivity index (χ0) is 11.3. The van der Waals surface area contributed by atoms with Crippen LogP contribution in [-0.4, -0.2) is 26.8 Å². The summed E-state index contributed by atoms with van der Waals surface area (Å²) in [6.07, 6.45) is 0. The van der Waals surface area contributed by atoms with Gasteiger partial charge in [-0.25, -0.2) is 4.39 Å². The molecule has 0 aliphatic carbocycles. The molecule has 0 aromatic heterocycles. The zero-order valence-electron chi connectivity index (χ0n) is 8.87. The standard InChI is InChI=1S/C10H15FO3Si/c1-3-13-15(12,14-4-2)10-7-5-6-9(11)8-10/h5-8,12H,3-4H2,1-2H3. The van der Waals surface area contributed by atoms with Gasteiger partial charge in [-0.05, 0) is 26.0 Å². The van der Waals surface area contributed by atoms with E-state index in [1.807, 2.05) is 0 Å². The molecule has 0 saturated heterocycles. The number of benzene rings is 1. The molecule has 5 heteroatoms. The van der Waals surface area contributed by atoms with Crippen LogP contribution in [0.2, 0.25) is 0 Å². The van der Waals surface area contributed by atoms with Crippen molar-refractivity contribution in [3.8, 4) is 0 Å². The van der Waals surface area contributed by atoms with Crippen molar-refractivity contribution in [1.29, 1.82) is 0 Å². The Hall–Kier alpha value is -0.753. The van der Waals surface area contributed by atoms with Crippen molar-refractivity contribution in [3.05, 3.63) is 30.1 Å². The molecular formula is C10H15FO3Si. The van der Waals surface area contributed by atoms with Crippen molar-refractivity contribution in [3.63, 3.8) is 0 Å². The molecule has 0 fully saturated rings. The summed E-state index contributed by atoms with van der Waals surface area (Å²) in [5.74, 6) is -0.405. The fraction of sp³-hybridized carbons (Fsp3) is 0.400. The van der Waals surface area contributed by atoms with Gasteiger partial charge in [-0.3, -0.25) is 0 Å². The van der Waals surface area contributed by atoms with E-state index in [0.717, 1.165) is 0 Å². The largest absolute Gasteiger partial charge is 0.534 e. The van der Waals surface area contributed by atoms with Crippen molar-refractivity contribution in [2.45, 2.75) is 13.8 Å². The quantitative estimate of drug-likeness (QED) is 0.768. The predicted molar refractivity (Wildman–Crippen MR) is 57.3 cm³/mol. The lowest BCUT2D eigenvalue weighted by Crippen LogP contribution is -2.54. The smallest absolute Gasteiger partial charge is 0.386 e. The van der Waals surface area contributed by atoms with Crippen molar-refractivity contribution in [2.24, 2.45) is 0 Å². The van der Waals surface area contributed by atoms with Crippen LogP contribution in [-0.2, 0) is 8.85 Å². The van der Waals surface area contributed by atoms with E-state index in [0.29, 0.717) is 18.4 Å². The van der Waals surface area contributed by atoms with Crippen LogP contribution in [0.25, 0.3) is 0 Å². The molecule has 0 bridgehead atoms. The second kappa shape index (κ2) is 5.36. The Morgan fingerprint density at radius 3 is 2.33 bits per heavy atom. The van der Waals surface area contributed by atoms with Crippen LogP contribution in [0.1, 0.15) is 13.8 Å². The molecule has 0 atom stereocenters. The first-order valence-corrected chi connectivity index (χ1v) is 6.65. The van der Waals surface area contributed by atoms with Crippen LogP contribution in [0, 0.1) is 5.82 Å². The third-order valence-corrected chi connectivity index (χ3v) is 4.27. The normalized spacial score (nSPS) is 11.7. The lowest BCUT2D eigenvalue weighted by molar-refractivity contribution is 0.124. The van der Waals surface area contributed by atoms with Gasteiger partial charge in [0.15, 0.2) is 0 Å². The minimum atomic E-state index is -3.40. The van der Waals surface area contributed by atoms with E-state index >= 15 is 0 Å².